The second-order valence-electron chi connectivity index (χ2n) is 7.74. The van der Waals surface area contributed by atoms with Gasteiger partial charge in [0.05, 0.1) is 0 Å². The van der Waals surface area contributed by atoms with E-state index in [-0.39, 0.29) is 12.1 Å². The lowest BCUT2D eigenvalue weighted by Crippen LogP contribution is -2.52. The lowest BCUT2D eigenvalue weighted by atomic mass is 9.86. The van der Waals surface area contributed by atoms with Crippen LogP contribution in [0.15, 0.2) is 60.0 Å². The molecule has 3 aromatic rings. The number of thiophene rings is 1. The highest BCUT2D eigenvalue weighted by Gasteiger charge is 2.38. The molecule has 3 aliphatic heterocycles. The van der Waals surface area contributed by atoms with Crippen molar-refractivity contribution in [3.63, 3.8) is 0 Å². The van der Waals surface area contributed by atoms with E-state index in [1.807, 2.05) is 42.5 Å². The smallest absolute Gasteiger partial charge is 0.333 e. The molecule has 3 saturated heterocycles. The summed E-state index contributed by atoms with van der Waals surface area (Å²) in [5.41, 5.74) is 1.92. The summed E-state index contributed by atoms with van der Waals surface area (Å²) in [6.45, 7) is 3.15. The number of benzene rings is 2. The largest absolute Gasteiger partial charge is 0.459 e. The Hall–Kier alpha value is -2.37. The van der Waals surface area contributed by atoms with E-state index in [9.17, 15) is 4.79 Å². The maximum atomic E-state index is 13.3. The Bertz CT molecular complexity index is 963. The molecule has 0 amide bonds. The molecule has 0 saturated carbocycles. The molecule has 0 unspecified atom stereocenters. The van der Waals surface area contributed by atoms with Gasteiger partial charge >= 0.3 is 5.97 Å². The first-order valence-corrected chi connectivity index (χ1v) is 10.9. The third kappa shape index (κ3) is 3.40. The van der Waals surface area contributed by atoms with E-state index in [0.717, 1.165) is 49.1 Å². The molecule has 2 bridgehead atoms. The van der Waals surface area contributed by atoms with E-state index < -0.39 is 6.04 Å². The molecule has 3 fully saturated rings. The van der Waals surface area contributed by atoms with Crippen molar-refractivity contribution < 1.29 is 9.53 Å². The molecule has 28 heavy (non-hydrogen) atoms. The number of hydrogen-bond acceptors (Lipinski definition) is 5. The van der Waals surface area contributed by atoms with Crippen molar-refractivity contribution >= 4 is 33.1 Å². The predicted octanol–water partition coefficient (Wildman–Crippen LogP) is 4.69. The zero-order chi connectivity index (χ0) is 18.9. The number of esters is 1. The Morgan fingerprint density at radius 3 is 2.57 bits per heavy atom. The Labute approximate surface area is 169 Å². The van der Waals surface area contributed by atoms with Gasteiger partial charge in [-0.3, -0.25) is 4.90 Å². The average molecular weight is 393 g/mol. The van der Waals surface area contributed by atoms with Crippen LogP contribution in [0.1, 0.15) is 24.4 Å². The second-order valence-corrected chi connectivity index (χ2v) is 8.66. The van der Waals surface area contributed by atoms with E-state index in [0.29, 0.717) is 5.92 Å². The molecule has 4 heterocycles. The highest BCUT2D eigenvalue weighted by Crippen LogP contribution is 2.35. The highest BCUT2D eigenvalue weighted by molar-refractivity contribution is 7.17. The number of carbonyl (C=O) groups excluding carboxylic acids is 1. The molecule has 4 nitrogen and oxygen atoms in total. The minimum absolute atomic E-state index is 0.0139. The number of carbonyl (C=O) groups is 1. The van der Waals surface area contributed by atoms with Crippen LogP contribution in [0.2, 0.25) is 0 Å². The number of nitrogens with one attached hydrogen (secondary N) is 1. The van der Waals surface area contributed by atoms with Crippen LogP contribution in [0, 0.1) is 5.92 Å². The number of para-hydroxylation sites is 1. The van der Waals surface area contributed by atoms with E-state index in [2.05, 4.69) is 27.7 Å². The molecule has 0 aliphatic carbocycles. The molecule has 6 rings (SSSR count). The van der Waals surface area contributed by atoms with Crippen LogP contribution in [0.25, 0.3) is 10.1 Å². The minimum Gasteiger partial charge on any atom is -0.459 e. The molecule has 5 heteroatoms. The molecule has 1 aromatic heterocycles. The van der Waals surface area contributed by atoms with Gasteiger partial charge in [0.15, 0.2) is 6.04 Å². The standard InChI is InChI=1S/C23H24N2O2S/c26-23(27-20-14-25-12-10-16(20)11-13-25)22(24-17-6-2-1-3-7-17)19-15-28-21-9-5-4-8-18(19)21/h1-9,15-16,20,22,24H,10-14H2/t20-,22-/m0/s1. The zero-order valence-electron chi connectivity index (χ0n) is 15.7. The number of rotatable bonds is 5. The van der Waals surface area contributed by atoms with Crippen LogP contribution in [0.3, 0.4) is 0 Å². The molecule has 1 N–H and O–H groups in total. The van der Waals surface area contributed by atoms with Crippen LogP contribution in [-0.2, 0) is 9.53 Å². The number of hydrogen-bond donors (Lipinski definition) is 1. The summed E-state index contributed by atoms with van der Waals surface area (Å²) in [7, 11) is 0. The predicted molar refractivity (Wildman–Crippen MR) is 114 cm³/mol. The van der Waals surface area contributed by atoms with E-state index >= 15 is 0 Å². The summed E-state index contributed by atoms with van der Waals surface area (Å²) in [6.07, 6.45) is 2.28. The number of piperidine rings is 3. The average Bonchev–Trinajstić information content (AvgIpc) is 3.17. The minimum atomic E-state index is -0.506. The van der Waals surface area contributed by atoms with Crippen molar-refractivity contribution in [3.8, 4) is 0 Å². The summed E-state index contributed by atoms with van der Waals surface area (Å²) in [6, 6.07) is 17.6. The molecule has 0 radical (unpaired) electrons. The number of anilines is 1. The Balaban J connectivity index is 1.44. The van der Waals surface area contributed by atoms with Crippen molar-refractivity contribution in [2.24, 2.45) is 5.92 Å². The SMILES string of the molecule is O=C(O[C@H]1CN2CCC1CC2)[C@@H](Nc1ccccc1)c1csc2ccccc12. The van der Waals surface area contributed by atoms with Gasteiger partial charge in [-0.15, -0.1) is 11.3 Å². The van der Waals surface area contributed by atoms with E-state index in [4.69, 9.17) is 4.74 Å². The molecular formula is C23H24N2O2S. The molecule has 2 aromatic carbocycles. The zero-order valence-corrected chi connectivity index (χ0v) is 16.5. The molecular weight excluding hydrogens is 368 g/mol. The number of nitrogens with zero attached hydrogens (tertiary/aromatic N) is 1. The highest BCUT2D eigenvalue weighted by atomic mass is 32.1. The first kappa shape index (κ1) is 17.7. The fourth-order valence-electron chi connectivity index (χ4n) is 4.45. The van der Waals surface area contributed by atoms with Crippen molar-refractivity contribution in [1.82, 2.24) is 4.90 Å². The van der Waals surface area contributed by atoms with Crippen molar-refractivity contribution in [1.29, 1.82) is 0 Å². The summed E-state index contributed by atoms with van der Waals surface area (Å²) in [5.74, 6) is 0.330. The number of fused-ring (bicyclic) bond motifs is 4. The first-order chi connectivity index (χ1) is 13.8. The topological polar surface area (TPSA) is 41.6 Å². The Kier molecular flexibility index (Phi) is 4.79. The van der Waals surface area contributed by atoms with Gasteiger partial charge in [-0.1, -0.05) is 36.4 Å². The van der Waals surface area contributed by atoms with Crippen LogP contribution in [-0.4, -0.2) is 36.6 Å². The van der Waals surface area contributed by atoms with Crippen LogP contribution in [0.4, 0.5) is 5.69 Å². The monoisotopic (exact) mass is 392 g/mol. The van der Waals surface area contributed by atoms with E-state index in [1.54, 1.807) is 11.3 Å². The maximum absolute atomic E-state index is 13.3. The van der Waals surface area contributed by atoms with Gasteiger partial charge in [-0.05, 0) is 60.8 Å². The van der Waals surface area contributed by atoms with Gasteiger partial charge < -0.3 is 10.1 Å². The van der Waals surface area contributed by atoms with Gasteiger partial charge in [0.25, 0.3) is 0 Å². The summed E-state index contributed by atoms with van der Waals surface area (Å²) in [4.78, 5) is 15.7. The summed E-state index contributed by atoms with van der Waals surface area (Å²) >= 11 is 1.67. The van der Waals surface area contributed by atoms with E-state index in [1.165, 1.54) is 4.70 Å². The summed E-state index contributed by atoms with van der Waals surface area (Å²) < 4.78 is 7.28. The summed E-state index contributed by atoms with van der Waals surface area (Å²) in [5, 5.41) is 6.63. The first-order valence-electron chi connectivity index (χ1n) is 9.98. The van der Waals surface area contributed by atoms with Crippen LogP contribution >= 0.6 is 11.3 Å². The normalized spacial score (nSPS) is 24.8. The van der Waals surface area contributed by atoms with Gasteiger partial charge in [-0.25, -0.2) is 4.79 Å². The molecule has 144 valence electrons. The van der Waals surface area contributed by atoms with Crippen LogP contribution < -0.4 is 5.32 Å². The number of ether oxygens (including phenoxy) is 1. The Morgan fingerprint density at radius 1 is 1.07 bits per heavy atom. The van der Waals surface area contributed by atoms with Gasteiger partial charge in [0.2, 0.25) is 0 Å². The maximum Gasteiger partial charge on any atom is 0.333 e. The molecule has 0 spiro atoms. The fraction of sp³-hybridized carbons (Fsp3) is 0.348. The van der Waals surface area contributed by atoms with Crippen LogP contribution in [0.5, 0.6) is 0 Å². The quantitative estimate of drug-likeness (QED) is 0.640. The van der Waals surface area contributed by atoms with Crippen molar-refractivity contribution in [2.45, 2.75) is 25.0 Å². The van der Waals surface area contributed by atoms with Gasteiger partial charge in [-0.2, -0.15) is 0 Å². The van der Waals surface area contributed by atoms with Gasteiger partial charge in [0.1, 0.15) is 6.10 Å². The lowest BCUT2D eigenvalue weighted by Gasteiger charge is -2.44. The lowest BCUT2D eigenvalue weighted by molar-refractivity contribution is -0.159. The van der Waals surface area contributed by atoms with Crippen molar-refractivity contribution in [3.05, 3.63) is 65.5 Å². The molecule has 3 aliphatic rings. The third-order valence-electron chi connectivity index (χ3n) is 6.01. The molecule has 2 atom stereocenters. The third-order valence-corrected chi connectivity index (χ3v) is 6.99. The Morgan fingerprint density at radius 2 is 1.82 bits per heavy atom. The fourth-order valence-corrected chi connectivity index (χ4v) is 5.44. The van der Waals surface area contributed by atoms with Gasteiger partial charge in [0, 0.05) is 22.5 Å². The second kappa shape index (κ2) is 7.57. The van der Waals surface area contributed by atoms with Crippen molar-refractivity contribution in [2.75, 3.05) is 25.0 Å².